The van der Waals surface area contributed by atoms with E-state index >= 15 is 0 Å². The molecule has 0 radical (unpaired) electrons. The molecule has 2 N–H and O–H groups in total. The van der Waals surface area contributed by atoms with Gasteiger partial charge in [0.1, 0.15) is 18.2 Å². The monoisotopic (exact) mass is 299 g/mol. The molecule has 0 amide bonds. The van der Waals surface area contributed by atoms with Crippen molar-refractivity contribution in [2.24, 2.45) is 5.73 Å². The van der Waals surface area contributed by atoms with Gasteiger partial charge in [0.15, 0.2) is 0 Å². The number of halogens is 3. The van der Waals surface area contributed by atoms with Crippen LogP contribution in [0, 0.1) is 5.82 Å². The van der Waals surface area contributed by atoms with Crippen molar-refractivity contribution in [2.45, 2.75) is 13.2 Å². The molecule has 0 saturated carbocycles. The Kier molecular flexibility index (Phi) is 4.64. The number of hydrogen-bond acceptors (Lipinski definition) is 2. The Balaban J connectivity index is 2.12. The summed E-state index contributed by atoms with van der Waals surface area (Å²) in [5.74, 6) is 0.292. The van der Waals surface area contributed by atoms with E-state index in [2.05, 4.69) is 0 Å². The van der Waals surface area contributed by atoms with E-state index < -0.39 is 0 Å². The van der Waals surface area contributed by atoms with Crippen LogP contribution in [0.4, 0.5) is 4.39 Å². The van der Waals surface area contributed by atoms with E-state index in [9.17, 15) is 4.39 Å². The topological polar surface area (TPSA) is 35.2 Å². The van der Waals surface area contributed by atoms with Gasteiger partial charge in [0.05, 0.1) is 10.0 Å². The third-order valence-electron chi connectivity index (χ3n) is 2.67. The Hall–Kier alpha value is -1.29. The van der Waals surface area contributed by atoms with E-state index in [1.54, 1.807) is 24.3 Å². The molecular formula is C14H12Cl2FNO. The van der Waals surface area contributed by atoms with E-state index in [0.717, 1.165) is 11.1 Å². The first kappa shape index (κ1) is 14.1. The average Bonchev–Trinajstić information content (AvgIpc) is 2.41. The lowest BCUT2D eigenvalue weighted by molar-refractivity contribution is 0.305. The molecule has 0 unspecified atom stereocenters. The van der Waals surface area contributed by atoms with Crippen molar-refractivity contribution in [1.82, 2.24) is 0 Å². The van der Waals surface area contributed by atoms with Crippen molar-refractivity contribution < 1.29 is 9.13 Å². The van der Waals surface area contributed by atoms with Crippen molar-refractivity contribution in [2.75, 3.05) is 0 Å². The highest BCUT2D eigenvalue weighted by atomic mass is 35.5. The number of rotatable bonds is 4. The summed E-state index contributed by atoms with van der Waals surface area (Å²) in [6, 6.07) is 9.47. The number of hydrogen-bond donors (Lipinski definition) is 1. The molecule has 0 bridgehead atoms. The van der Waals surface area contributed by atoms with E-state index in [0.29, 0.717) is 22.4 Å². The van der Waals surface area contributed by atoms with Gasteiger partial charge in [-0.15, -0.1) is 0 Å². The average molecular weight is 300 g/mol. The lowest BCUT2D eigenvalue weighted by Crippen LogP contribution is -2.05. The first-order valence-corrected chi connectivity index (χ1v) is 6.41. The highest BCUT2D eigenvalue weighted by Gasteiger charge is 2.05. The van der Waals surface area contributed by atoms with Gasteiger partial charge in [-0.25, -0.2) is 4.39 Å². The van der Waals surface area contributed by atoms with Crippen molar-refractivity contribution in [3.8, 4) is 5.75 Å². The quantitative estimate of drug-likeness (QED) is 0.919. The Labute approximate surface area is 120 Å². The van der Waals surface area contributed by atoms with Crippen LogP contribution in [0.2, 0.25) is 10.0 Å². The molecule has 0 saturated heterocycles. The molecule has 0 aliphatic carbocycles. The van der Waals surface area contributed by atoms with Gasteiger partial charge in [0.2, 0.25) is 0 Å². The fourth-order valence-corrected chi connectivity index (χ4v) is 1.94. The van der Waals surface area contributed by atoms with Crippen LogP contribution in [0.15, 0.2) is 36.4 Å². The first-order chi connectivity index (χ1) is 9.10. The van der Waals surface area contributed by atoms with Crippen LogP contribution >= 0.6 is 23.2 Å². The number of benzene rings is 2. The fourth-order valence-electron chi connectivity index (χ4n) is 1.65. The van der Waals surface area contributed by atoms with Gasteiger partial charge in [-0.05, 0) is 35.4 Å². The second-order valence-corrected chi connectivity index (χ2v) is 4.80. The van der Waals surface area contributed by atoms with Crippen molar-refractivity contribution >= 4 is 23.2 Å². The molecule has 0 heterocycles. The molecule has 2 nitrogen and oxygen atoms in total. The zero-order valence-electron chi connectivity index (χ0n) is 10.00. The van der Waals surface area contributed by atoms with E-state index in [1.807, 2.05) is 0 Å². The highest BCUT2D eigenvalue weighted by Crippen LogP contribution is 2.27. The smallest absolute Gasteiger partial charge is 0.123 e. The van der Waals surface area contributed by atoms with Gasteiger partial charge in [-0.3, -0.25) is 0 Å². The minimum Gasteiger partial charge on any atom is -0.489 e. The van der Waals surface area contributed by atoms with Crippen LogP contribution < -0.4 is 10.5 Å². The van der Waals surface area contributed by atoms with Gasteiger partial charge in [0.25, 0.3) is 0 Å². The number of ether oxygens (including phenoxy) is 1. The highest BCUT2D eigenvalue weighted by molar-refractivity contribution is 6.42. The summed E-state index contributed by atoms with van der Waals surface area (Å²) in [5, 5.41) is 0.899. The Morgan fingerprint density at radius 2 is 1.79 bits per heavy atom. The maximum atomic E-state index is 13.1. The molecule has 0 aliphatic rings. The summed E-state index contributed by atoms with van der Waals surface area (Å²) in [4.78, 5) is 0. The molecule has 100 valence electrons. The van der Waals surface area contributed by atoms with Crippen LogP contribution in [0.25, 0.3) is 0 Å². The molecule has 0 fully saturated rings. The van der Waals surface area contributed by atoms with Crippen molar-refractivity contribution in [3.63, 3.8) is 0 Å². The standard InChI is InChI=1S/C14H12Cl2FNO/c15-13-4-3-12(6-14(13)16)19-8-9-1-2-11(17)5-10(9)7-18/h1-6H,7-8,18H2. The molecular weight excluding hydrogens is 288 g/mol. The lowest BCUT2D eigenvalue weighted by atomic mass is 10.1. The molecule has 0 aromatic heterocycles. The second-order valence-electron chi connectivity index (χ2n) is 3.98. The van der Waals surface area contributed by atoms with Crippen LogP contribution in [0.3, 0.4) is 0 Å². The SMILES string of the molecule is NCc1cc(F)ccc1COc1ccc(Cl)c(Cl)c1. The van der Waals surface area contributed by atoms with Gasteiger partial charge in [-0.1, -0.05) is 29.3 Å². The molecule has 2 aromatic carbocycles. The van der Waals surface area contributed by atoms with Crippen LogP contribution in [-0.4, -0.2) is 0 Å². The summed E-state index contributed by atoms with van der Waals surface area (Å²) in [5.41, 5.74) is 7.14. The summed E-state index contributed by atoms with van der Waals surface area (Å²) < 4.78 is 18.7. The van der Waals surface area contributed by atoms with Crippen LogP contribution in [0.1, 0.15) is 11.1 Å². The lowest BCUT2D eigenvalue weighted by Gasteiger charge is -2.10. The van der Waals surface area contributed by atoms with Crippen molar-refractivity contribution in [1.29, 1.82) is 0 Å². The zero-order valence-corrected chi connectivity index (χ0v) is 11.5. The Morgan fingerprint density at radius 1 is 1.00 bits per heavy atom. The maximum Gasteiger partial charge on any atom is 0.123 e. The summed E-state index contributed by atoms with van der Waals surface area (Å²) in [6.45, 7) is 0.558. The Morgan fingerprint density at radius 3 is 2.47 bits per heavy atom. The summed E-state index contributed by atoms with van der Waals surface area (Å²) >= 11 is 11.7. The maximum absolute atomic E-state index is 13.1. The summed E-state index contributed by atoms with van der Waals surface area (Å²) in [7, 11) is 0. The zero-order chi connectivity index (χ0) is 13.8. The molecule has 0 spiro atoms. The summed E-state index contributed by atoms with van der Waals surface area (Å²) in [6.07, 6.45) is 0. The number of nitrogens with two attached hydrogens (primary N) is 1. The van der Waals surface area contributed by atoms with Crippen LogP contribution in [-0.2, 0) is 13.2 Å². The minimum absolute atomic E-state index is 0.262. The predicted octanol–water partition coefficient (Wildman–Crippen LogP) is 4.17. The van der Waals surface area contributed by atoms with Gasteiger partial charge in [-0.2, -0.15) is 0 Å². The molecule has 0 aliphatic heterocycles. The predicted molar refractivity (Wildman–Crippen MR) is 75.1 cm³/mol. The largest absolute Gasteiger partial charge is 0.489 e. The molecule has 0 atom stereocenters. The van der Waals surface area contributed by atoms with E-state index in [-0.39, 0.29) is 12.4 Å². The van der Waals surface area contributed by atoms with E-state index in [1.165, 1.54) is 12.1 Å². The van der Waals surface area contributed by atoms with Crippen LogP contribution in [0.5, 0.6) is 5.75 Å². The minimum atomic E-state index is -0.307. The first-order valence-electron chi connectivity index (χ1n) is 5.65. The molecule has 19 heavy (non-hydrogen) atoms. The normalized spacial score (nSPS) is 10.5. The van der Waals surface area contributed by atoms with E-state index in [4.69, 9.17) is 33.7 Å². The third-order valence-corrected chi connectivity index (χ3v) is 3.41. The fraction of sp³-hybridized carbons (Fsp3) is 0.143. The van der Waals surface area contributed by atoms with Crippen molar-refractivity contribution in [3.05, 3.63) is 63.4 Å². The molecule has 2 aromatic rings. The Bertz CT molecular complexity index is 590. The molecule has 2 rings (SSSR count). The van der Waals surface area contributed by atoms with Gasteiger partial charge >= 0.3 is 0 Å². The van der Waals surface area contributed by atoms with Gasteiger partial charge in [0, 0.05) is 12.6 Å². The second kappa shape index (κ2) is 6.24. The third kappa shape index (κ3) is 3.60. The molecule has 5 heteroatoms. The van der Waals surface area contributed by atoms with Gasteiger partial charge < -0.3 is 10.5 Å².